The van der Waals surface area contributed by atoms with Gasteiger partial charge in [-0.05, 0) is 82.7 Å². The van der Waals surface area contributed by atoms with Gasteiger partial charge in [0.05, 0.1) is 5.92 Å². The van der Waals surface area contributed by atoms with Gasteiger partial charge >= 0.3 is 5.97 Å². The van der Waals surface area contributed by atoms with E-state index >= 15 is 0 Å². The Morgan fingerprint density at radius 2 is 1.22 bits per heavy atom. The normalized spacial score (nSPS) is 26.6. The molecule has 3 aromatic rings. The molecule has 5 rings (SSSR count). The van der Waals surface area contributed by atoms with Crippen LogP contribution in [0.3, 0.4) is 0 Å². The Morgan fingerprint density at radius 1 is 0.781 bits per heavy atom. The molecule has 2 fully saturated rings. The van der Waals surface area contributed by atoms with Crippen LogP contribution in [0.4, 0.5) is 0 Å². The quantitative estimate of drug-likeness (QED) is 0.400. The van der Waals surface area contributed by atoms with E-state index in [0.717, 1.165) is 27.5 Å². The summed E-state index contributed by atoms with van der Waals surface area (Å²) in [6.45, 7) is 7.02. The first-order chi connectivity index (χ1) is 15.4. The van der Waals surface area contributed by atoms with Crippen LogP contribution in [0, 0.1) is 22.7 Å². The van der Waals surface area contributed by atoms with Crippen LogP contribution in [0.1, 0.15) is 40.0 Å². The van der Waals surface area contributed by atoms with E-state index in [-0.39, 0.29) is 22.7 Å². The van der Waals surface area contributed by atoms with E-state index in [1.165, 1.54) is 6.42 Å². The Kier molecular flexibility index (Phi) is 5.21. The third-order valence-corrected chi connectivity index (χ3v) is 11.7. The second-order valence-corrected chi connectivity index (χ2v) is 12.8. The third-order valence-electron chi connectivity index (χ3n) is 8.51. The minimum atomic E-state index is -2.20. The van der Waals surface area contributed by atoms with Crippen LogP contribution in [0.15, 0.2) is 106 Å². The highest BCUT2D eigenvalue weighted by Gasteiger charge is 2.64. The number of carbonyl (C=O) groups is 1. The first kappa shape index (κ1) is 21.3. The van der Waals surface area contributed by atoms with Crippen molar-refractivity contribution >= 4 is 16.3 Å². The van der Waals surface area contributed by atoms with Gasteiger partial charge in [-0.15, -0.1) is 0 Å². The summed E-state index contributed by atoms with van der Waals surface area (Å²) < 4.78 is 6.84. The van der Waals surface area contributed by atoms with Crippen LogP contribution in [0.5, 0.6) is 0 Å². The van der Waals surface area contributed by atoms with Gasteiger partial charge in [-0.1, -0.05) is 75.4 Å². The number of hydrogen-bond acceptors (Lipinski definition) is 2. The molecule has 2 aliphatic rings. The molecule has 166 valence electrons. The minimum Gasteiger partial charge on any atom is -0.402 e. The number of rotatable bonds is 5. The molecule has 2 nitrogen and oxygen atoms in total. The van der Waals surface area contributed by atoms with Gasteiger partial charge in [-0.3, -0.25) is 4.79 Å². The molecule has 32 heavy (non-hydrogen) atoms. The van der Waals surface area contributed by atoms with Crippen molar-refractivity contribution in [3.63, 3.8) is 0 Å². The predicted molar refractivity (Wildman–Crippen MR) is 131 cm³/mol. The zero-order valence-corrected chi connectivity index (χ0v) is 20.0. The van der Waals surface area contributed by atoms with Gasteiger partial charge < -0.3 is 4.18 Å². The highest BCUT2D eigenvalue weighted by Crippen LogP contribution is 2.72. The van der Waals surface area contributed by atoms with Crippen LogP contribution in [-0.2, 0) is 8.98 Å². The molecule has 0 N–H and O–H groups in total. The molecule has 0 aromatic heterocycles. The SMILES string of the molecule is CC1(C)C2CCC1(C)C(C(=O)OS(c1ccccc1)(c1ccccc1)c1ccccc1)C2. The van der Waals surface area contributed by atoms with Crippen LogP contribution in [0.25, 0.3) is 0 Å². The molecule has 0 saturated heterocycles. The molecule has 2 saturated carbocycles. The molecule has 2 aliphatic carbocycles. The maximum absolute atomic E-state index is 14.1. The summed E-state index contributed by atoms with van der Waals surface area (Å²) in [5.41, 5.74) is 0.158. The summed E-state index contributed by atoms with van der Waals surface area (Å²) >= 11 is 0. The Bertz CT molecular complexity index is 997. The molecule has 0 spiro atoms. The maximum Gasteiger partial charge on any atom is 0.320 e. The molecule has 3 unspecified atom stereocenters. The van der Waals surface area contributed by atoms with Crippen LogP contribution in [-0.4, -0.2) is 5.97 Å². The molecule has 3 atom stereocenters. The van der Waals surface area contributed by atoms with Crippen molar-refractivity contribution in [1.82, 2.24) is 0 Å². The standard InChI is InChI=1S/C29H32O2S/c1-28(2)22-19-20-29(28,3)26(21-22)27(30)31-32(23-13-7-4-8-14-23,24-15-9-5-10-16-24)25-17-11-6-12-18-25/h4-18,22,26H,19-21H2,1-3H3. The van der Waals surface area contributed by atoms with Gasteiger partial charge in [0.2, 0.25) is 0 Å². The summed E-state index contributed by atoms with van der Waals surface area (Å²) in [6, 6.07) is 30.9. The van der Waals surface area contributed by atoms with Crippen LogP contribution >= 0.6 is 10.3 Å². The molecule has 0 amide bonds. The van der Waals surface area contributed by atoms with Crippen molar-refractivity contribution in [2.75, 3.05) is 0 Å². The van der Waals surface area contributed by atoms with E-state index < -0.39 is 10.3 Å². The Hall–Kier alpha value is -2.52. The van der Waals surface area contributed by atoms with E-state index in [1.807, 2.05) is 54.6 Å². The van der Waals surface area contributed by atoms with Crippen molar-refractivity contribution in [2.45, 2.75) is 54.7 Å². The lowest BCUT2D eigenvalue weighted by atomic mass is 9.67. The number of fused-ring (bicyclic) bond motifs is 2. The molecule has 0 aliphatic heterocycles. The van der Waals surface area contributed by atoms with E-state index in [0.29, 0.717) is 5.92 Å². The largest absolute Gasteiger partial charge is 0.402 e. The molecule has 0 radical (unpaired) electrons. The van der Waals surface area contributed by atoms with E-state index in [9.17, 15) is 4.79 Å². The van der Waals surface area contributed by atoms with Crippen molar-refractivity contribution in [3.05, 3.63) is 91.0 Å². The lowest BCUT2D eigenvalue weighted by Crippen LogP contribution is -2.37. The van der Waals surface area contributed by atoms with Crippen LogP contribution in [0.2, 0.25) is 0 Å². The molecule has 3 heteroatoms. The first-order valence-electron chi connectivity index (χ1n) is 11.6. The van der Waals surface area contributed by atoms with Crippen molar-refractivity contribution in [3.8, 4) is 0 Å². The molecular formula is C29H32O2S. The fourth-order valence-corrected chi connectivity index (χ4v) is 9.22. The molecule has 0 heterocycles. The van der Waals surface area contributed by atoms with Crippen molar-refractivity contribution in [1.29, 1.82) is 0 Å². The third kappa shape index (κ3) is 3.05. The Balaban J connectivity index is 1.65. The molecule has 3 aromatic carbocycles. The number of hydrogen-bond donors (Lipinski definition) is 0. The highest BCUT2D eigenvalue weighted by molar-refractivity contribution is 8.30. The fraction of sp³-hybridized carbons (Fsp3) is 0.345. The van der Waals surface area contributed by atoms with Gasteiger partial charge in [-0.2, -0.15) is 0 Å². The number of carbonyl (C=O) groups excluding carboxylic acids is 1. The highest BCUT2D eigenvalue weighted by atomic mass is 32.3. The summed E-state index contributed by atoms with van der Waals surface area (Å²) in [7, 11) is -2.20. The summed E-state index contributed by atoms with van der Waals surface area (Å²) in [4.78, 5) is 17.2. The average molecular weight is 445 g/mol. The van der Waals surface area contributed by atoms with Gasteiger partial charge in [0, 0.05) is 14.7 Å². The predicted octanol–water partition coefficient (Wildman–Crippen LogP) is 7.89. The second kappa shape index (κ2) is 7.81. The van der Waals surface area contributed by atoms with Gasteiger partial charge in [0.15, 0.2) is 0 Å². The van der Waals surface area contributed by atoms with Gasteiger partial charge in [0.1, 0.15) is 0 Å². The van der Waals surface area contributed by atoms with Crippen molar-refractivity contribution < 1.29 is 8.98 Å². The van der Waals surface area contributed by atoms with E-state index in [2.05, 4.69) is 57.2 Å². The first-order valence-corrected chi connectivity index (χ1v) is 13.2. The topological polar surface area (TPSA) is 26.3 Å². The monoisotopic (exact) mass is 444 g/mol. The van der Waals surface area contributed by atoms with Crippen molar-refractivity contribution in [2.24, 2.45) is 22.7 Å². The van der Waals surface area contributed by atoms with E-state index in [1.54, 1.807) is 0 Å². The van der Waals surface area contributed by atoms with Gasteiger partial charge in [-0.25, -0.2) is 0 Å². The maximum atomic E-state index is 14.1. The second-order valence-electron chi connectivity index (χ2n) is 10.1. The minimum absolute atomic E-state index is 0.00993. The fourth-order valence-electron chi connectivity index (χ4n) is 6.13. The zero-order valence-electron chi connectivity index (χ0n) is 19.2. The van der Waals surface area contributed by atoms with Crippen LogP contribution < -0.4 is 0 Å². The zero-order chi connectivity index (χ0) is 22.4. The Morgan fingerprint density at radius 3 is 1.56 bits per heavy atom. The summed E-state index contributed by atoms with van der Waals surface area (Å²) in [5, 5.41) is 0. The van der Waals surface area contributed by atoms with Gasteiger partial charge in [0.25, 0.3) is 0 Å². The van der Waals surface area contributed by atoms with E-state index in [4.69, 9.17) is 4.18 Å². The smallest absolute Gasteiger partial charge is 0.320 e. The lowest BCUT2D eigenvalue weighted by Gasteiger charge is -2.43. The summed E-state index contributed by atoms with van der Waals surface area (Å²) in [5.74, 6) is 0.508. The molecular weight excluding hydrogens is 412 g/mol. The Labute approximate surface area is 193 Å². The molecule has 2 bridgehead atoms. The average Bonchev–Trinajstić information content (AvgIpc) is 3.18. The lowest BCUT2D eigenvalue weighted by molar-refractivity contribution is -0.143. The summed E-state index contributed by atoms with van der Waals surface area (Å²) in [6.07, 6.45) is 3.27. The number of benzene rings is 3.